The van der Waals surface area contributed by atoms with Gasteiger partial charge in [0.05, 0.1) is 35.3 Å². The molecule has 0 aliphatic carbocycles. The van der Waals surface area contributed by atoms with Crippen LogP contribution in [0.5, 0.6) is 5.75 Å². The molecule has 0 fully saturated rings. The summed E-state index contributed by atoms with van der Waals surface area (Å²) in [6.45, 7) is 1.87. The van der Waals surface area contributed by atoms with Crippen LogP contribution in [0.4, 0.5) is 5.69 Å². The number of carbonyl (C=O) groups is 1. The van der Waals surface area contributed by atoms with Gasteiger partial charge in [-0.1, -0.05) is 35.9 Å². The smallest absolute Gasteiger partial charge is 0.256 e. The van der Waals surface area contributed by atoms with Crippen LogP contribution in [0.2, 0.25) is 5.02 Å². The molecule has 0 saturated heterocycles. The number of hydrogen-bond acceptors (Lipinski definition) is 4. The van der Waals surface area contributed by atoms with Gasteiger partial charge >= 0.3 is 0 Å². The Balaban J connectivity index is 1.81. The van der Waals surface area contributed by atoms with Crippen molar-refractivity contribution in [1.29, 1.82) is 0 Å². The van der Waals surface area contributed by atoms with Crippen LogP contribution in [0.25, 0.3) is 22.3 Å². The quantitative estimate of drug-likeness (QED) is 0.487. The Labute approximate surface area is 173 Å². The summed E-state index contributed by atoms with van der Waals surface area (Å²) in [5.41, 5.74) is 3.96. The highest BCUT2D eigenvalue weighted by Gasteiger charge is 2.17. The number of amides is 1. The number of hydrogen-bond donors (Lipinski definition) is 1. The van der Waals surface area contributed by atoms with Gasteiger partial charge in [0.1, 0.15) is 5.75 Å². The molecule has 0 radical (unpaired) electrons. The number of rotatable bonds is 4. The zero-order valence-corrected chi connectivity index (χ0v) is 16.7. The minimum absolute atomic E-state index is 0.263. The third-order valence-electron chi connectivity index (χ3n) is 4.62. The predicted octanol–water partition coefficient (Wildman–Crippen LogP) is 5.52. The Hall–Kier alpha value is -3.44. The van der Waals surface area contributed by atoms with Crippen LogP contribution in [0, 0.1) is 6.92 Å². The second kappa shape index (κ2) is 7.89. The molecule has 0 saturated carbocycles. The van der Waals surface area contributed by atoms with Gasteiger partial charge in [-0.25, -0.2) is 4.98 Å². The average molecular weight is 404 g/mol. The van der Waals surface area contributed by atoms with Gasteiger partial charge in [0.2, 0.25) is 0 Å². The Morgan fingerprint density at radius 2 is 1.83 bits per heavy atom. The van der Waals surface area contributed by atoms with Gasteiger partial charge in [-0.05, 0) is 42.8 Å². The minimum Gasteiger partial charge on any atom is -0.495 e. The number of aryl methyl sites for hydroxylation is 1. The Morgan fingerprint density at radius 3 is 2.59 bits per heavy atom. The summed E-state index contributed by atoms with van der Waals surface area (Å²) >= 11 is 6.18. The van der Waals surface area contributed by atoms with Gasteiger partial charge in [0.25, 0.3) is 5.91 Å². The molecule has 6 heteroatoms. The molecule has 144 valence electrons. The molecule has 0 spiro atoms. The molecule has 2 aromatic carbocycles. The number of methoxy groups -OCH3 is 1. The van der Waals surface area contributed by atoms with E-state index in [0.29, 0.717) is 33.4 Å². The highest BCUT2D eigenvalue weighted by molar-refractivity contribution is 6.31. The molecule has 29 heavy (non-hydrogen) atoms. The maximum absolute atomic E-state index is 13.2. The van der Waals surface area contributed by atoms with Crippen LogP contribution in [0.15, 0.2) is 66.9 Å². The fraction of sp³-hybridized carbons (Fsp3) is 0.0870. The van der Waals surface area contributed by atoms with Crippen molar-refractivity contribution in [2.45, 2.75) is 6.92 Å². The molecule has 2 aromatic heterocycles. The van der Waals surface area contributed by atoms with E-state index in [9.17, 15) is 4.79 Å². The summed E-state index contributed by atoms with van der Waals surface area (Å²) in [4.78, 5) is 22.3. The van der Waals surface area contributed by atoms with E-state index >= 15 is 0 Å². The molecule has 4 aromatic rings. The van der Waals surface area contributed by atoms with Crippen molar-refractivity contribution in [2.75, 3.05) is 12.4 Å². The SMILES string of the molecule is COc1cc(Cl)c(C)cc1NC(=O)c1cc(-c2ccccn2)nc2ccccc12. The molecule has 1 amide bonds. The molecular formula is C23H18ClN3O2. The molecule has 0 unspecified atom stereocenters. The highest BCUT2D eigenvalue weighted by Crippen LogP contribution is 2.32. The topological polar surface area (TPSA) is 64.1 Å². The van der Waals surface area contributed by atoms with Crippen molar-refractivity contribution in [3.8, 4) is 17.1 Å². The fourth-order valence-electron chi connectivity index (χ4n) is 3.13. The number of ether oxygens (including phenoxy) is 1. The number of anilines is 1. The number of pyridine rings is 2. The van der Waals surface area contributed by atoms with E-state index in [1.807, 2.05) is 49.4 Å². The number of aromatic nitrogens is 2. The molecule has 0 atom stereocenters. The second-order valence-corrected chi connectivity index (χ2v) is 6.95. The number of nitrogens with zero attached hydrogens (tertiary/aromatic N) is 2. The maximum Gasteiger partial charge on any atom is 0.256 e. The van der Waals surface area contributed by atoms with E-state index in [2.05, 4.69) is 15.3 Å². The summed E-state index contributed by atoms with van der Waals surface area (Å²) in [7, 11) is 1.54. The Kier molecular flexibility index (Phi) is 5.14. The van der Waals surface area contributed by atoms with Crippen molar-refractivity contribution in [2.24, 2.45) is 0 Å². The summed E-state index contributed by atoms with van der Waals surface area (Å²) in [5.74, 6) is 0.234. The van der Waals surface area contributed by atoms with E-state index in [1.165, 1.54) is 7.11 Å². The van der Waals surface area contributed by atoms with Gasteiger partial charge in [-0.15, -0.1) is 0 Å². The van der Waals surface area contributed by atoms with Crippen LogP contribution in [-0.2, 0) is 0 Å². The number of benzene rings is 2. The van der Waals surface area contributed by atoms with Crippen molar-refractivity contribution < 1.29 is 9.53 Å². The van der Waals surface area contributed by atoms with E-state index < -0.39 is 0 Å². The molecule has 0 aliphatic rings. The summed E-state index contributed by atoms with van der Waals surface area (Å²) in [6.07, 6.45) is 1.70. The number of fused-ring (bicyclic) bond motifs is 1. The van der Waals surface area contributed by atoms with Crippen LogP contribution in [0.3, 0.4) is 0 Å². The minimum atomic E-state index is -0.263. The van der Waals surface area contributed by atoms with Gasteiger partial charge in [-0.2, -0.15) is 0 Å². The first-order valence-electron chi connectivity index (χ1n) is 9.03. The Morgan fingerprint density at radius 1 is 1.03 bits per heavy atom. The van der Waals surface area contributed by atoms with E-state index in [0.717, 1.165) is 16.5 Å². The zero-order valence-electron chi connectivity index (χ0n) is 15.9. The van der Waals surface area contributed by atoms with Gasteiger partial charge in [0, 0.05) is 22.7 Å². The lowest BCUT2D eigenvalue weighted by atomic mass is 10.1. The monoisotopic (exact) mass is 403 g/mol. The van der Waals surface area contributed by atoms with Crippen molar-refractivity contribution in [3.63, 3.8) is 0 Å². The lowest BCUT2D eigenvalue weighted by Gasteiger charge is -2.14. The molecule has 0 bridgehead atoms. The van der Waals surface area contributed by atoms with E-state index in [-0.39, 0.29) is 5.91 Å². The number of carbonyl (C=O) groups excluding carboxylic acids is 1. The first kappa shape index (κ1) is 18.9. The third-order valence-corrected chi connectivity index (χ3v) is 5.02. The lowest BCUT2D eigenvalue weighted by Crippen LogP contribution is -2.14. The van der Waals surface area contributed by atoms with Crippen LogP contribution < -0.4 is 10.1 Å². The van der Waals surface area contributed by atoms with Gasteiger partial charge < -0.3 is 10.1 Å². The predicted molar refractivity (Wildman–Crippen MR) is 116 cm³/mol. The van der Waals surface area contributed by atoms with Gasteiger partial charge in [0.15, 0.2) is 0 Å². The number of para-hydroxylation sites is 1. The first-order chi connectivity index (χ1) is 14.1. The first-order valence-corrected chi connectivity index (χ1v) is 9.41. The van der Waals surface area contributed by atoms with E-state index in [1.54, 1.807) is 24.4 Å². The summed E-state index contributed by atoms with van der Waals surface area (Å²) in [5, 5.41) is 4.28. The van der Waals surface area contributed by atoms with Crippen LogP contribution in [-0.4, -0.2) is 23.0 Å². The van der Waals surface area contributed by atoms with Crippen molar-refractivity contribution >= 4 is 34.1 Å². The molecule has 0 aliphatic heterocycles. The molecule has 5 nitrogen and oxygen atoms in total. The van der Waals surface area contributed by atoms with E-state index in [4.69, 9.17) is 16.3 Å². The van der Waals surface area contributed by atoms with Crippen LogP contribution in [0.1, 0.15) is 15.9 Å². The van der Waals surface area contributed by atoms with Crippen LogP contribution >= 0.6 is 11.6 Å². The number of halogens is 1. The van der Waals surface area contributed by atoms with Gasteiger partial charge in [-0.3, -0.25) is 9.78 Å². The summed E-state index contributed by atoms with van der Waals surface area (Å²) in [6, 6.07) is 18.4. The molecule has 4 rings (SSSR count). The Bertz CT molecular complexity index is 1210. The molecular weight excluding hydrogens is 386 g/mol. The normalized spacial score (nSPS) is 10.7. The standard InChI is InChI=1S/C23H18ClN3O2/c1-14-11-21(22(29-2)13-17(14)24)27-23(28)16-12-20(19-9-5-6-10-25-19)26-18-8-4-3-7-15(16)18/h3-13H,1-2H3,(H,27,28). The van der Waals surface area contributed by atoms with Crippen molar-refractivity contribution in [3.05, 3.63) is 83.0 Å². The largest absolute Gasteiger partial charge is 0.495 e. The molecule has 1 N–H and O–H groups in total. The maximum atomic E-state index is 13.2. The third kappa shape index (κ3) is 3.77. The number of nitrogens with one attached hydrogen (secondary N) is 1. The second-order valence-electron chi connectivity index (χ2n) is 6.54. The fourth-order valence-corrected chi connectivity index (χ4v) is 3.28. The highest BCUT2D eigenvalue weighted by atomic mass is 35.5. The van der Waals surface area contributed by atoms with Crippen molar-refractivity contribution in [1.82, 2.24) is 9.97 Å². The average Bonchev–Trinajstić information content (AvgIpc) is 2.75. The summed E-state index contributed by atoms with van der Waals surface area (Å²) < 4.78 is 5.38. The molecule has 2 heterocycles. The zero-order chi connectivity index (χ0) is 20.4. The lowest BCUT2D eigenvalue weighted by molar-refractivity contribution is 0.102.